The molecular weight excluding hydrogens is 284 g/mol. The largest absolute Gasteiger partial charge is 0.321 e. The monoisotopic (exact) mass is 296 g/mol. The van der Waals surface area contributed by atoms with Gasteiger partial charge in [-0.25, -0.2) is 9.50 Å². The SMILES string of the molecule is Cc1nn2c(/C=C3\C(=O)Nc4ccccc43)c(C)nc2s1. The lowest BCUT2D eigenvalue weighted by Gasteiger charge is -1.98. The van der Waals surface area contributed by atoms with Crippen molar-refractivity contribution in [3.8, 4) is 0 Å². The first-order valence-corrected chi connectivity index (χ1v) is 7.40. The molecule has 6 heteroatoms. The number of imidazole rings is 1. The molecule has 0 aliphatic carbocycles. The third kappa shape index (κ3) is 1.80. The van der Waals surface area contributed by atoms with Crippen molar-refractivity contribution in [2.45, 2.75) is 13.8 Å². The van der Waals surface area contributed by atoms with Crippen molar-refractivity contribution in [2.24, 2.45) is 0 Å². The van der Waals surface area contributed by atoms with Gasteiger partial charge in [0.1, 0.15) is 5.01 Å². The van der Waals surface area contributed by atoms with E-state index >= 15 is 0 Å². The Balaban J connectivity index is 1.94. The maximum absolute atomic E-state index is 12.2. The van der Waals surface area contributed by atoms with Crippen LogP contribution in [0.25, 0.3) is 16.6 Å². The van der Waals surface area contributed by atoms with Crippen molar-refractivity contribution in [1.29, 1.82) is 0 Å². The Morgan fingerprint density at radius 1 is 1.29 bits per heavy atom. The first kappa shape index (κ1) is 12.3. The van der Waals surface area contributed by atoms with Gasteiger partial charge in [0.15, 0.2) is 0 Å². The third-order valence-corrected chi connectivity index (χ3v) is 4.34. The van der Waals surface area contributed by atoms with E-state index in [9.17, 15) is 4.79 Å². The number of amides is 1. The Hall–Kier alpha value is -2.47. The molecule has 0 spiro atoms. The zero-order valence-corrected chi connectivity index (χ0v) is 12.4. The summed E-state index contributed by atoms with van der Waals surface area (Å²) in [6.07, 6.45) is 1.87. The summed E-state index contributed by atoms with van der Waals surface area (Å²) < 4.78 is 1.80. The van der Waals surface area contributed by atoms with Gasteiger partial charge >= 0.3 is 0 Å². The molecule has 3 aromatic rings. The molecule has 21 heavy (non-hydrogen) atoms. The molecule has 4 rings (SSSR count). The fraction of sp³-hybridized carbons (Fsp3) is 0.133. The first-order valence-electron chi connectivity index (χ1n) is 6.59. The van der Waals surface area contributed by atoms with Crippen molar-refractivity contribution < 1.29 is 4.79 Å². The Morgan fingerprint density at radius 2 is 2.10 bits per heavy atom. The van der Waals surface area contributed by atoms with Gasteiger partial charge in [0, 0.05) is 11.3 Å². The summed E-state index contributed by atoms with van der Waals surface area (Å²) in [5.41, 5.74) is 4.15. The van der Waals surface area contributed by atoms with Crippen molar-refractivity contribution >= 4 is 39.5 Å². The normalized spacial score (nSPS) is 15.7. The zero-order valence-electron chi connectivity index (χ0n) is 11.5. The fourth-order valence-corrected chi connectivity index (χ4v) is 3.34. The minimum atomic E-state index is -0.0856. The third-order valence-electron chi connectivity index (χ3n) is 3.51. The molecule has 0 unspecified atom stereocenters. The predicted octanol–water partition coefficient (Wildman–Crippen LogP) is 2.90. The van der Waals surface area contributed by atoms with Gasteiger partial charge in [0.2, 0.25) is 4.96 Å². The van der Waals surface area contributed by atoms with Crippen molar-refractivity contribution in [2.75, 3.05) is 5.32 Å². The van der Waals surface area contributed by atoms with Crippen LogP contribution in [0.3, 0.4) is 0 Å². The highest BCUT2D eigenvalue weighted by Crippen LogP contribution is 2.33. The molecule has 0 saturated heterocycles. The summed E-state index contributed by atoms with van der Waals surface area (Å²) in [4.78, 5) is 17.5. The summed E-state index contributed by atoms with van der Waals surface area (Å²) in [6.45, 7) is 3.88. The smallest absolute Gasteiger partial charge is 0.256 e. The molecule has 0 fully saturated rings. The number of hydrogen-bond acceptors (Lipinski definition) is 4. The van der Waals surface area contributed by atoms with Crippen molar-refractivity contribution in [1.82, 2.24) is 14.6 Å². The maximum atomic E-state index is 12.2. The topological polar surface area (TPSA) is 59.3 Å². The minimum Gasteiger partial charge on any atom is -0.321 e. The summed E-state index contributed by atoms with van der Waals surface area (Å²) in [6, 6.07) is 7.69. The van der Waals surface area contributed by atoms with Crippen LogP contribution in [0.1, 0.15) is 22.0 Å². The number of carbonyl (C=O) groups excluding carboxylic acids is 1. The van der Waals surface area contributed by atoms with Crippen LogP contribution >= 0.6 is 11.3 Å². The van der Waals surface area contributed by atoms with E-state index in [-0.39, 0.29) is 5.91 Å². The molecule has 1 aliphatic rings. The van der Waals surface area contributed by atoms with Crippen LogP contribution in [-0.2, 0) is 4.79 Å². The molecule has 2 aromatic heterocycles. The Morgan fingerprint density at radius 3 is 2.95 bits per heavy atom. The van der Waals surface area contributed by atoms with Gasteiger partial charge in [-0.2, -0.15) is 5.10 Å². The highest BCUT2D eigenvalue weighted by Gasteiger charge is 2.24. The van der Waals surface area contributed by atoms with Gasteiger partial charge in [0.25, 0.3) is 5.91 Å². The van der Waals surface area contributed by atoms with Crippen LogP contribution < -0.4 is 5.32 Å². The van der Waals surface area contributed by atoms with E-state index in [2.05, 4.69) is 15.4 Å². The van der Waals surface area contributed by atoms with E-state index in [0.717, 1.165) is 32.6 Å². The summed E-state index contributed by atoms with van der Waals surface area (Å²) in [7, 11) is 0. The molecule has 0 radical (unpaired) electrons. The number of nitrogens with one attached hydrogen (secondary N) is 1. The minimum absolute atomic E-state index is 0.0856. The Kier molecular flexibility index (Phi) is 2.49. The van der Waals surface area contributed by atoms with Gasteiger partial charge in [-0.1, -0.05) is 29.5 Å². The van der Waals surface area contributed by atoms with Crippen molar-refractivity contribution in [3.63, 3.8) is 0 Å². The molecular formula is C15H12N4OS. The van der Waals surface area contributed by atoms with E-state index in [1.165, 1.54) is 0 Å². The summed E-state index contributed by atoms with van der Waals surface area (Å²) in [5, 5.41) is 8.28. The quantitative estimate of drug-likeness (QED) is 0.702. The van der Waals surface area contributed by atoms with E-state index < -0.39 is 0 Å². The number of fused-ring (bicyclic) bond motifs is 2. The standard InChI is InChI=1S/C15H12N4OS/c1-8-13(19-15(16-8)21-9(2)18-19)7-11-10-5-3-4-6-12(10)17-14(11)20/h3-7H,1-2H3,(H,17,20)/b11-7-. The van der Waals surface area contributed by atoms with Crippen LogP contribution in [0.5, 0.6) is 0 Å². The molecule has 0 atom stereocenters. The van der Waals surface area contributed by atoms with Crippen LogP contribution in [0.4, 0.5) is 5.69 Å². The lowest BCUT2D eigenvalue weighted by Crippen LogP contribution is -2.04. The number of anilines is 1. The molecule has 1 amide bonds. The summed E-state index contributed by atoms with van der Waals surface area (Å²) in [5.74, 6) is -0.0856. The highest BCUT2D eigenvalue weighted by molar-refractivity contribution is 7.16. The molecule has 1 aliphatic heterocycles. The first-order chi connectivity index (χ1) is 10.1. The average molecular weight is 296 g/mol. The van der Waals surface area contributed by atoms with Gasteiger partial charge in [-0.3, -0.25) is 4.79 Å². The maximum Gasteiger partial charge on any atom is 0.256 e. The summed E-state index contributed by atoms with van der Waals surface area (Å²) >= 11 is 1.54. The second-order valence-corrected chi connectivity index (χ2v) is 6.12. The second kappa shape index (κ2) is 4.26. The van der Waals surface area contributed by atoms with Crippen LogP contribution in [0.2, 0.25) is 0 Å². The van der Waals surface area contributed by atoms with Crippen molar-refractivity contribution in [3.05, 3.63) is 46.2 Å². The van der Waals surface area contributed by atoms with E-state index in [4.69, 9.17) is 0 Å². The molecule has 1 N–H and O–H groups in total. The number of aryl methyl sites for hydroxylation is 2. The van der Waals surface area contributed by atoms with E-state index in [0.29, 0.717) is 5.57 Å². The van der Waals surface area contributed by atoms with Gasteiger partial charge in [-0.15, -0.1) is 0 Å². The average Bonchev–Trinajstić information content (AvgIpc) is 3.04. The van der Waals surface area contributed by atoms with Crippen LogP contribution in [0, 0.1) is 13.8 Å². The number of para-hydroxylation sites is 1. The van der Waals surface area contributed by atoms with Crippen LogP contribution in [-0.4, -0.2) is 20.5 Å². The number of carbonyl (C=O) groups is 1. The second-order valence-electron chi connectivity index (χ2n) is 4.96. The lowest BCUT2D eigenvalue weighted by atomic mass is 10.1. The van der Waals surface area contributed by atoms with Crippen LogP contribution in [0.15, 0.2) is 24.3 Å². The van der Waals surface area contributed by atoms with E-state index in [1.807, 2.05) is 44.2 Å². The fourth-order valence-electron chi connectivity index (χ4n) is 2.54. The number of benzene rings is 1. The molecule has 0 saturated carbocycles. The molecule has 0 bridgehead atoms. The number of aromatic nitrogens is 3. The number of rotatable bonds is 1. The van der Waals surface area contributed by atoms with Gasteiger partial charge < -0.3 is 5.32 Å². The zero-order chi connectivity index (χ0) is 14.6. The molecule has 104 valence electrons. The molecule has 5 nitrogen and oxygen atoms in total. The number of nitrogens with zero attached hydrogens (tertiary/aromatic N) is 3. The highest BCUT2D eigenvalue weighted by atomic mass is 32.1. The number of hydrogen-bond donors (Lipinski definition) is 1. The molecule has 1 aromatic carbocycles. The van der Waals surface area contributed by atoms with Gasteiger partial charge in [0.05, 0.1) is 17.0 Å². The Bertz CT molecular complexity index is 919. The molecule has 3 heterocycles. The predicted molar refractivity (Wildman–Crippen MR) is 83.3 cm³/mol. The lowest BCUT2D eigenvalue weighted by molar-refractivity contribution is -0.110. The van der Waals surface area contributed by atoms with E-state index in [1.54, 1.807) is 15.9 Å². The van der Waals surface area contributed by atoms with Gasteiger partial charge in [-0.05, 0) is 26.0 Å². The Labute approximate surface area is 124 Å².